The van der Waals surface area contributed by atoms with Gasteiger partial charge in [-0.25, -0.2) is 4.79 Å². The molecule has 0 aromatic heterocycles. The van der Waals surface area contributed by atoms with Gasteiger partial charge >= 0.3 is 6.16 Å². The number of hydrogen-bond acceptors (Lipinski definition) is 4. The molecular weight excluding hydrogens is 244 g/mol. The monoisotopic (exact) mass is 274 g/mol. The van der Waals surface area contributed by atoms with E-state index in [1.165, 1.54) is 12.8 Å². The smallest absolute Gasteiger partial charge is 0.432 e. The topological polar surface area (TPSA) is 44.8 Å². The number of unbranched alkanes of at least 4 members (excludes halogenated alkanes) is 2. The van der Waals surface area contributed by atoms with Crippen LogP contribution < -0.4 is 0 Å². The zero-order valence-electron chi connectivity index (χ0n) is 12.9. The maximum absolute atomic E-state index is 11.2. The van der Waals surface area contributed by atoms with Crippen LogP contribution >= 0.6 is 0 Å². The third-order valence-electron chi connectivity index (χ3n) is 3.07. The van der Waals surface area contributed by atoms with E-state index in [2.05, 4.69) is 32.6 Å². The normalized spacial score (nSPS) is 13.9. The third kappa shape index (κ3) is 12.0. The van der Waals surface area contributed by atoms with E-state index in [1.807, 2.05) is 0 Å². The standard InChI is InChI=1S/C15H30O4/c1-5-7-9-13(3)11-17-15(16)19-18-12-14(4)10-8-6-2/h13-14H,5-12H2,1-4H3. The summed E-state index contributed by atoms with van der Waals surface area (Å²) in [5.41, 5.74) is 0. The van der Waals surface area contributed by atoms with Gasteiger partial charge in [0.25, 0.3) is 0 Å². The van der Waals surface area contributed by atoms with Crippen molar-refractivity contribution in [3.05, 3.63) is 0 Å². The van der Waals surface area contributed by atoms with Crippen LogP contribution in [0.15, 0.2) is 0 Å². The van der Waals surface area contributed by atoms with Crippen LogP contribution in [0.25, 0.3) is 0 Å². The third-order valence-corrected chi connectivity index (χ3v) is 3.07. The van der Waals surface area contributed by atoms with E-state index in [0.29, 0.717) is 25.0 Å². The summed E-state index contributed by atoms with van der Waals surface area (Å²) in [4.78, 5) is 20.7. The number of hydrogen-bond donors (Lipinski definition) is 0. The maximum Gasteiger partial charge on any atom is 0.540 e. The van der Waals surface area contributed by atoms with Gasteiger partial charge in [0.1, 0.15) is 0 Å². The van der Waals surface area contributed by atoms with Crippen molar-refractivity contribution in [2.75, 3.05) is 13.2 Å². The SMILES string of the molecule is CCCCC(C)COOC(=O)OCC(C)CCCC. The molecule has 0 amide bonds. The zero-order valence-corrected chi connectivity index (χ0v) is 12.9. The van der Waals surface area contributed by atoms with Gasteiger partial charge < -0.3 is 4.74 Å². The van der Waals surface area contributed by atoms with Crippen LogP contribution in [0.3, 0.4) is 0 Å². The lowest BCUT2D eigenvalue weighted by Crippen LogP contribution is -2.15. The molecular formula is C15H30O4. The first kappa shape index (κ1) is 18.2. The fourth-order valence-corrected chi connectivity index (χ4v) is 1.70. The summed E-state index contributed by atoms with van der Waals surface area (Å²) < 4.78 is 4.98. The van der Waals surface area contributed by atoms with E-state index in [9.17, 15) is 4.79 Å². The lowest BCUT2D eigenvalue weighted by molar-refractivity contribution is -0.262. The Morgan fingerprint density at radius 2 is 1.47 bits per heavy atom. The number of carbonyl (C=O) groups is 1. The van der Waals surface area contributed by atoms with E-state index in [0.717, 1.165) is 25.7 Å². The molecule has 0 rings (SSSR count). The van der Waals surface area contributed by atoms with E-state index in [1.54, 1.807) is 0 Å². The first-order valence-corrected chi connectivity index (χ1v) is 7.56. The Labute approximate surface area is 117 Å². The Hall–Kier alpha value is -0.770. The molecule has 0 heterocycles. The molecule has 0 fully saturated rings. The molecule has 0 aliphatic rings. The highest BCUT2D eigenvalue weighted by Crippen LogP contribution is 2.09. The second kappa shape index (κ2) is 12.3. The summed E-state index contributed by atoms with van der Waals surface area (Å²) in [5, 5.41) is 0. The minimum absolute atomic E-state index is 0.371. The van der Waals surface area contributed by atoms with E-state index in [4.69, 9.17) is 9.62 Å². The quantitative estimate of drug-likeness (QED) is 0.310. The molecule has 0 saturated heterocycles. The maximum atomic E-state index is 11.2. The molecule has 0 saturated carbocycles. The molecule has 0 aromatic rings. The minimum Gasteiger partial charge on any atom is -0.432 e. The Bertz CT molecular complexity index is 218. The lowest BCUT2D eigenvalue weighted by Gasteiger charge is -2.12. The van der Waals surface area contributed by atoms with Crippen LogP contribution in [0.4, 0.5) is 4.79 Å². The molecule has 0 aliphatic heterocycles. The first-order valence-electron chi connectivity index (χ1n) is 7.56. The van der Waals surface area contributed by atoms with Crippen molar-refractivity contribution in [3.8, 4) is 0 Å². The minimum atomic E-state index is -0.731. The van der Waals surface area contributed by atoms with Gasteiger partial charge in [0.15, 0.2) is 0 Å². The Balaban J connectivity index is 3.48. The van der Waals surface area contributed by atoms with Crippen LogP contribution in [0.5, 0.6) is 0 Å². The van der Waals surface area contributed by atoms with Gasteiger partial charge in [-0.1, -0.05) is 53.4 Å². The lowest BCUT2D eigenvalue weighted by atomic mass is 10.1. The molecule has 0 N–H and O–H groups in total. The van der Waals surface area contributed by atoms with E-state index >= 15 is 0 Å². The molecule has 4 heteroatoms. The van der Waals surface area contributed by atoms with Crippen molar-refractivity contribution in [1.29, 1.82) is 0 Å². The van der Waals surface area contributed by atoms with Gasteiger partial charge in [0.2, 0.25) is 0 Å². The van der Waals surface area contributed by atoms with Crippen LogP contribution in [0.2, 0.25) is 0 Å². The van der Waals surface area contributed by atoms with Crippen molar-refractivity contribution in [2.45, 2.75) is 66.2 Å². The molecule has 0 aliphatic carbocycles. The summed E-state index contributed by atoms with van der Waals surface area (Å²) in [7, 11) is 0. The molecule has 19 heavy (non-hydrogen) atoms. The van der Waals surface area contributed by atoms with Crippen LogP contribution in [0, 0.1) is 11.8 Å². The summed E-state index contributed by atoms with van der Waals surface area (Å²) >= 11 is 0. The average Bonchev–Trinajstić information content (AvgIpc) is 2.40. The summed E-state index contributed by atoms with van der Waals surface area (Å²) in [6.07, 6.45) is 6.08. The van der Waals surface area contributed by atoms with Crippen molar-refractivity contribution < 1.29 is 19.3 Å². The predicted octanol–water partition coefficient (Wildman–Crippen LogP) is 4.72. The molecule has 2 atom stereocenters. The molecule has 0 bridgehead atoms. The second-order valence-corrected chi connectivity index (χ2v) is 5.42. The zero-order chi connectivity index (χ0) is 14.5. The highest BCUT2D eigenvalue weighted by molar-refractivity contribution is 5.58. The number of rotatable bonds is 11. The van der Waals surface area contributed by atoms with Gasteiger partial charge in [0.05, 0.1) is 13.2 Å². The van der Waals surface area contributed by atoms with Crippen molar-refractivity contribution in [2.24, 2.45) is 11.8 Å². The van der Waals surface area contributed by atoms with Crippen LogP contribution in [-0.2, 0) is 14.5 Å². The van der Waals surface area contributed by atoms with Gasteiger partial charge in [-0.2, -0.15) is 4.89 Å². The van der Waals surface area contributed by atoms with Crippen molar-refractivity contribution in [1.82, 2.24) is 0 Å². The fraction of sp³-hybridized carbons (Fsp3) is 0.933. The van der Waals surface area contributed by atoms with Gasteiger partial charge in [-0.05, 0) is 24.7 Å². The van der Waals surface area contributed by atoms with Crippen LogP contribution in [0.1, 0.15) is 66.2 Å². The summed E-state index contributed by atoms with van der Waals surface area (Å²) in [6, 6.07) is 0. The molecule has 0 spiro atoms. The number of ether oxygens (including phenoxy) is 1. The van der Waals surface area contributed by atoms with Crippen LogP contribution in [-0.4, -0.2) is 19.4 Å². The highest BCUT2D eigenvalue weighted by Gasteiger charge is 2.10. The second-order valence-electron chi connectivity index (χ2n) is 5.42. The van der Waals surface area contributed by atoms with Crippen molar-refractivity contribution in [3.63, 3.8) is 0 Å². The number of carbonyl (C=O) groups excluding carboxylic acids is 1. The van der Waals surface area contributed by atoms with Gasteiger partial charge in [-0.3, -0.25) is 4.89 Å². The molecule has 114 valence electrons. The largest absolute Gasteiger partial charge is 0.540 e. The first-order chi connectivity index (χ1) is 9.10. The summed E-state index contributed by atoms with van der Waals surface area (Å²) in [5.74, 6) is 0.771. The fourth-order valence-electron chi connectivity index (χ4n) is 1.70. The van der Waals surface area contributed by atoms with Gasteiger partial charge in [0, 0.05) is 0 Å². The Morgan fingerprint density at radius 3 is 2.00 bits per heavy atom. The highest BCUT2D eigenvalue weighted by atomic mass is 17.2. The molecule has 2 unspecified atom stereocenters. The molecule has 4 nitrogen and oxygen atoms in total. The van der Waals surface area contributed by atoms with E-state index in [-0.39, 0.29) is 0 Å². The summed E-state index contributed by atoms with van der Waals surface area (Å²) in [6.45, 7) is 9.28. The Morgan fingerprint density at radius 1 is 0.947 bits per heavy atom. The van der Waals surface area contributed by atoms with Crippen molar-refractivity contribution >= 4 is 6.16 Å². The van der Waals surface area contributed by atoms with Gasteiger partial charge in [-0.15, -0.1) is 0 Å². The van der Waals surface area contributed by atoms with E-state index < -0.39 is 6.16 Å². The molecule has 0 aromatic carbocycles. The molecule has 0 radical (unpaired) electrons. The Kier molecular flexibility index (Phi) is 11.8. The predicted molar refractivity (Wildman–Crippen MR) is 75.8 cm³/mol. The average molecular weight is 274 g/mol.